The minimum atomic E-state index is -5.95. The molecular formula is C22H28N2O13P3-3. The minimum absolute atomic E-state index is 0.157. The van der Waals surface area contributed by atoms with Crippen molar-refractivity contribution >= 4 is 23.5 Å². The number of nitrogens with one attached hydrogen (secondary N) is 1. The molecule has 1 aromatic heterocycles. The van der Waals surface area contributed by atoms with Gasteiger partial charge in [0.2, 0.25) is 0 Å². The quantitative estimate of drug-likeness (QED) is 0.311. The first kappa shape index (κ1) is 31.2. The summed E-state index contributed by atoms with van der Waals surface area (Å²) in [7, 11) is -17.0. The van der Waals surface area contributed by atoms with Gasteiger partial charge in [-0.25, -0.2) is 13.4 Å². The third kappa shape index (κ3) is 8.18. The molecule has 1 saturated heterocycles. The van der Waals surface area contributed by atoms with E-state index >= 15 is 0 Å². The lowest BCUT2D eigenvalue weighted by molar-refractivity contribution is -0.251. The maximum absolute atomic E-state index is 12.5. The van der Waals surface area contributed by atoms with E-state index in [0.717, 1.165) is 18.1 Å². The van der Waals surface area contributed by atoms with Gasteiger partial charge < -0.3 is 28.5 Å². The monoisotopic (exact) mass is 621 g/mol. The SMILES string of the molecule is CCCOP(=O)([O-])OP(=O)([O-])OP(=O)([O-])OC[C@H]1O[C@@H](n2ccc(=O)[nH]c2=O)[C@H]2CC(Cc3ccccc3)CC12. The Morgan fingerprint density at radius 3 is 2.25 bits per heavy atom. The summed E-state index contributed by atoms with van der Waals surface area (Å²) >= 11 is 0. The third-order valence-electron chi connectivity index (χ3n) is 6.66. The molecule has 0 spiro atoms. The van der Waals surface area contributed by atoms with Gasteiger partial charge >= 0.3 is 5.69 Å². The molecule has 18 heteroatoms. The van der Waals surface area contributed by atoms with Crippen molar-refractivity contribution in [2.75, 3.05) is 13.2 Å². The summed E-state index contributed by atoms with van der Waals surface area (Å²) < 4.78 is 59.7. The van der Waals surface area contributed by atoms with Gasteiger partial charge in [-0.05, 0) is 43.1 Å². The van der Waals surface area contributed by atoms with E-state index in [4.69, 9.17) is 9.26 Å². The standard InChI is InChI=1S/C22H31N2O13P3/c1-2-10-33-38(27,28)36-40(31,32)37-39(29,30)34-14-19-17-12-16(11-15-6-4-3-5-7-15)13-18(17)21(35-19)24-9-8-20(25)23-22(24)26/h3-9,16-19,21H,2,10-14H2,1H3,(H,27,28)(H,29,30)(H,31,32)(H,23,25,26)/p-3/t16?,17?,18-,19+,21+/m0/s1. The van der Waals surface area contributed by atoms with Crippen LogP contribution in [0.2, 0.25) is 0 Å². The second-order valence-corrected chi connectivity index (χ2v) is 14.1. The third-order valence-corrected chi connectivity index (χ3v) is 10.8. The molecule has 1 aliphatic carbocycles. The van der Waals surface area contributed by atoms with Gasteiger partial charge in [0.05, 0.1) is 19.3 Å². The number of nitrogens with zero attached hydrogens (tertiary/aromatic N) is 1. The summed E-state index contributed by atoms with van der Waals surface area (Å²) in [5.74, 6) is -0.393. The van der Waals surface area contributed by atoms with E-state index < -0.39 is 60.3 Å². The molecule has 1 saturated carbocycles. The Bertz CT molecular complexity index is 1430. The van der Waals surface area contributed by atoms with E-state index in [-0.39, 0.29) is 24.2 Å². The van der Waals surface area contributed by atoms with Gasteiger partial charge in [-0.3, -0.25) is 28.0 Å². The molecule has 0 bridgehead atoms. The molecule has 8 atom stereocenters. The predicted octanol–water partition coefficient (Wildman–Crippen LogP) is 1.20. The average molecular weight is 621 g/mol. The Kier molecular flexibility index (Phi) is 9.87. The van der Waals surface area contributed by atoms with Crippen molar-refractivity contribution in [2.24, 2.45) is 17.8 Å². The highest BCUT2D eigenvalue weighted by Gasteiger charge is 2.51. The smallest absolute Gasteiger partial charge is 0.330 e. The molecule has 2 aromatic rings. The topological polar surface area (TPSA) is 221 Å². The first-order chi connectivity index (χ1) is 18.8. The molecule has 2 aliphatic rings. The molecule has 40 heavy (non-hydrogen) atoms. The van der Waals surface area contributed by atoms with Crippen LogP contribution in [-0.4, -0.2) is 28.9 Å². The van der Waals surface area contributed by atoms with Crippen molar-refractivity contribution in [3.8, 4) is 0 Å². The number of H-pyrrole nitrogens is 1. The maximum Gasteiger partial charge on any atom is 0.330 e. The van der Waals surface area contributed by atoms with Crippen LogP contribution in [0.5, 0.6) is 0 Å². The largest absolute Gasteiger partial charge is 0.756 e. The van der Waals surface area contributed by atoms with E-state index in [2.05, 4.69) is 18.1 Å². The van der Waals surface area contributed by atoms with Gasteiger partial charge in [0.1, 0.15) is 6.23 Å². The summed E-state index contributed by atoms with van der Waals surface area (Å²) in [6.07, 6.45) is 1.67. The summed E-state index contributed by atoms with van der Waals surface area (Å²) in [6.45, 7) is 0.476. The van der Waals surface area contributed by atoms with Crippen LogP contribution in [0, 0.1) is 17.8 Å². The molecule has 1 N–H and O–H groups in total. The number of benzene rings is 1. The van der Waals surface area contributed by atoms with Crippen LogP contribution >= 0.6 is 23.5 Å². The van der Waals surface area contributed by atoms with Gasteiger partial charge in [-0.1, -0.05) is 37.3 Å². The number of aromatic nitrogens is 2. The maximum atomic E-state index is 12.5. The van der Waals surface area contributed by atoms with Gasteiger partial charge in [0, 0.05) is 18.2 Å². The molecule has 2 heterocycles. The molecule has 15 nitrogen and oxygen atoms in total. The highest BCUT2D eigenvalue weighted by Crippen LogP contribution is 2.63. The van der Waals surface area contributed by atoms with Crippen molar-refractivity contribution in [2.45, 2.75) is 44.9 Å². The van der Waals surface area contributed by atoms with E-state index in [1.54, 1.807) is 6.92 Å². The minimum Gasteiger partial charge on any atom is -0.756 e. The van der Waals surface area contributed by atoms with Gasteiger partial charge in [-0.15, -0.1) is 0 Å². The van der Waals surface area contributed by atoms with E-state index in [0.29, 0.717) is 12.8 Å². The van der Waals surface area contributed by atoms with Crippen molar-refractivity contribution < 1.29 is 50.8 Å². The Morgan fingerprint density at radius 2 is 1.60 bits per heavy atom. The first-order valence-corrected chi connectivity index (χ1v) is 16.8. The Morgan fingerprint density at radius 1 is 0.950 bits per heavy atom. The number of aromatic amines is 1. The molecule has 2 fully saturated rings. The predicted molar refractivity (Wildman–Crippen MR) is 132 cm³/mol. The lowest BCUT2D eigenvalue weighted by Gasteiger charge is -2.34. The number of hydrogen-bond acceptors (Lipinski definition) is 13. The Hall–Kier alpha value is -1.73. The zero-order valence-corrected chi connectivity index (χ0v) is 24.0. The molecular weight excluding hydrogens is 593 g/mol. The van der Waals surface area contributed by atoms with Gasteiger partial charge in [0.25, 0.3) is 29.0 Å². The highest BCUT2D eigenvalue weighted by atomic mass is 31.3. The van der Waals surface area contributed by atoms with Crippen LogP contribution in [0.15, 0.2) is 52.2 Å². The molecule has 4 rings (SSSR count). The van der Waals surface area contributed by atoms with Crippen molar-refractivity contribution in [3.05, 3.63) is 69.0 Å². The van der Waals surface area contributed by atoms with Crippen molar-refractivity contribution in [3.63, 3.8) is 0 Å². The second-order valence-electron chi connectivity index (χ2n) is 9.57. The number of rotatable bonds is 13. The van der Waals surface area contributed by atoms with Crippen LogP contribution in [-0.2, 0) is 42.5 Å². The van der Waals surface area contributed by atoms with E-state index in [1.807, 2.05) is 30.3 Å². The zero-order chi connectivity index (χ0) is 29.1. The second kappa shape index (κ2) is 12.6. The van der Waals surface area contributed by atoms with Crippen molar-refractivity contribution in [1.82, 2.24) is 9.55 Å². The Balaban J connectivity index is 1.47. The fourth-order valence-electron chi connectivity index (χ4n) is 5.20. The fraction of sp³-hybridized carbons (Fsp3) is 0.545. The van der Waals surface area contributed by atoms with E-state index in [9.17, 15) is 38.0 Å². The summed E-state index contributed by atoms with van der Waals surface area (Å²) in [5.41, 5.74) is -0.208. The van der Waals surface area contributed by atoms with Gasteiger partial charge in [0.15, 0.2) is 0 Å². The van der Waals surface area contributed by atoms with Crippen molar-refractivity contribution in [1.29, 1.82) is 0 Å². The number of phosphoric acid groups is 3. The summed E-state index contributed by atoms with van der Waals surface area (Å²) in [4.78, 5) is 62.0. The fourth-order valence-corrected chi connectivity index (χ4v) is 8.66. The van der Waals surface area contributed by atoms with Gasteiger partial charge in [-0.2, -0.15) is 0 Å². The number of phosphoric ester groups is 2. The molecule has 0 radical (unpaired) electrons. The molecule has 1 aromatic carbocycles. The lowest BCUT2D eigenvalue weighted by atomic mass is 9.93. The Labute approximate surface area is 228 Å². The first-order valence-electron chi connectivity index (χ1n) is 12.4. The molecule has 5 unspecified atom stereocenters. The van der Waals surface area contributed by atoms with Crippen LogP contribution < -0.4 is 25.9 Å². The van der Waals surface area contributed by atoms with E-state index in [1.165, 1.54) is 10.8 Å². The molecule has 0 amide bonds. The number of fused-ring (bicyclic) bond motifs is 1. The average Bonchev–Trinajstić information content (AvgIpc) is 3.40. The highest BCUT2D eigenvalue weighted by molar-refractivity contribution is 7.65. The summed E-state index contributed by atoms with van der Waals surface area (Å²) in [6, 6.07) is 10.9. The number of ether oxygens (including phenoxy) is 1. The van der Waals surface area contributed by atoms with Crippen LogP contribution in [0.25, 0.3) is 0 Å². The lowest BCUT2D eigenvalue weighted by Crippen LogP contribution is -2.33. The van der Waals surface area contributed by atoms with Crippen LogP contribution in [0.4, 0.5) is 0 Å². The molecule has 222 valence electrons. The normalized spacial score (nSPS) is 28.9. The number of hydrogen-bond donors (Lipinski definition) is 1. The molecule has 1 aliphatic heterocycles. The van der Waals surface area contributed by atoms with Crippen LogP contribution in [0.1, 0.15) is 38.0 Å². The zero-order valence-electron chi connectivity index (χ0n) is 21.3. The van der Waals surface area contributed by atoms with Crippen LogP contribution in [0.3, 0.4) is 0 Å². The summed E-state index contributed by atoms with van der Waals surface area (Å²) in [5, 5.41) is 0.